The zero-order chi connectivity index (χ0) is 37.3. The number of rotatable bonds is 9. The van der Waals surface area contributed by atoms with E-state index in [0.717, 1.165) is 16.5 Å². The largest absolute Gasteiger partial charge is 0.449 e. The first kappa shape index (κ1) is 35.7. The zero-order valence-corrected chi connectivity index (χ0v) is 29.5. The summed E-state index contributed by atoms with van der Waals surface area (Å²) in [4.78, 5) is 68.4. The van der Waals surface area contributed by atoms with Crippen molar-refractivity contribution in [3.05, 3.63) is 158 Å². The average molecular weight is 806 g/mol. The van der Waals surface area contributed by atoms with Gasteiger partial charge < -0.3 is 14.2 Å². The van der Waals surface area contributed by atoms with Gasteiger partial charge >= 0.3 is 187 Å². The van der Waals surface area contributed by atoms with Gasteiger partial charge in [0.25, 0.3) is 0 Å². The quantitative estimate of drug-likeness (QED) is 0.155. The molecule has 1 saturated heterocycles. The third kappa shape index (κ3) is 7.19. The van der Waals surface area contributed by atoms with Crippen molar-refractivity contribution in [2.24, 2.45) is 0 Å². The van der Waals surface area contributed by atoms with Crippen molar-refractivity contribution in [2.45, 2.75) is 24.4 Å². The Morgan fingerprint density at radius 2 is 1.55 bits per heavy atom. The summed E-state index contributed by atoms with van der Waals surface area (Å²) in [5, 5.41) is 3.03. The molecule has 6 aromatic rings. The van der Waals surface area contributed by atoms with E-state index in [4.69, 9.17) is 25.8 Å². The molecule has 7 rings (SSSR count). The fourth-order valence-electron chi connectivity index (χ4n) is 5.62. The Hall–Kier alpha value is -5.73. The zero-order valence-electron chi connectivity index (χ0n) is 27.1. The van der Waals surface area contributed by atoms with Crippen molar-refractivity contribution < 1.29 is 37.4 Å². The molecule has 0 aliphatic carbocycles. The summed E-state index contributed by atoms with van der Waals surface area (Å²) in [6, 6.07) is 28.0. The van der Waals surface area contributed by atoms with Crippen molar-refractivity contribution in [1.29, 1.82) is 0 Å². The number of hydrogen-bond donors (Lipinski definition) is 1. The van der Waals surface area contributed by atoms with Crippen LogP contribution in [-0.2, 0) is 14.2 Å². The summed E-state index contributed by atoms with van der Waals surface area (Å²) in [5.41, 5.74) is -0.799. The van der Waals surface area contributed by atoms with Crippen LogP contribution in [0.3, 0.4) is 0 Å². The average Bonchev–Trinajstić information content (AvgIpc) is 3.63. The van der Waals surface area contributed by atoms with Gasteiger partial charge in [-0.15, -0.1) is 0 Å². The Morgan fingerprint density at radius 1 is 0.887 bits per heavy atom. The molecule has 0 bridgehead atoms. The minimum absolute atomic E-state index is 0.000296. The number of carbonyl (C=O) groups is 3. The molecule has 1 aliphatic heterocycles. The molecule has 1 fully saturated rings. The van der Waals surface area contributed by atoms with Gasteiger partial charge in [-0.1, -0.05) is 36.4 Å². The van der Waals surface area contributed by atoms with E-state index >= 15 is 8.78 Å². The first-order valence-corrected chi connectivity index (χ1v) is 17.8. The van der Waals surface area contributed by atoms with Gasteiger partial charge in [0.15, 0.2) is 6.10 Å². The molecule has 1 amide bonds. The molecular formula is C37H25ClF2N4O8Se. The summed E-state index contributed by atoms with van der Waals surface area (Å²) in [6.45, 7) is -0.748. The van der Waals surface area contributed by atoms with Gasteiger partial charge in [0, 0.05) is 0 Å². The fourth-order valence-corrected chi connectivity index (χ4v) is 7.96. The maximum Gasteiger partial charge on any atom is 0.338 e. The van der Waals surface area contributed by atoms with Crippen molar-refractivity contribution in [3.8, 4) is 5.69 Å². The molecule has 53 heavy (non-hydrogen) atoms. The summed E-state index contributed by atoms with van der Waals surface area (Å²) in [7, 11) is 0. The molecule has 0 radical (unpaired) electrons. The Kier molecular flexibility index (Phi) is 9.90. The van der Waals surface area contributed by atoms with Gasteiger partial charge in [0.2, 0.25) is 0 Å². The first-order chi connectivity index (χ1) is 25.5. The van der Waals surface area contributed by atoms with Crippen LogP contribution < -0.4 is 16.6 Å². The summed E-state index contributed by atoms with van der Waals surface area (Å²) in [5.74, 6) is -7.00. The van der Waals surface area contributed by atoms with Gasteiger partial charge in [-0.3, -0.25) is 0 Å². The number of hydrogen-bond acceptors (Lipinski definition) is 9. The van der Waals surface area contributed by atoms with Crippen LogP contribution in [0, 0.1) is 0 Å². The monoisotopic (exact) mass is 806 g/mol. The normalized spacial score (nSPS) is 17.7. The van der Waals surface area contributed by atoms with Crippen LogP contribution in [0.2, 0.25) is 5.02 Å². The molecule has 3 heterocycles. The number of anilines is 1. The maximum atomic E-state index is 16.1. The number of nitrogens with zero attached hydrogens (tertiary/aromatic N) is 3. The molecule has 268 valence electrons. The molecule has 1 aliphatic rings. The number of ether oxygens (including phenoxy) is 3. The van der Waals surface area contributed by atoms with Crippen molar-refractivity contribution in [3.63, 3.8) is 0 Å². The number of benzene rings is 4. The minimum atomic E-state index is -4.03. The molecule has 4 aromatic carbocycles. The topological polar surface area (TPSA) is 148 Å². The van der Waals surface area contributed by atoms with Crippen LogP contribution in [0.5, 0.6) is 0 Å². The van der Waals surface area contributed by atoms with Gasteiger partial charge in [-0.2, -0.15) is 8.78 Å². The van der Waals surface area contributed by atoms with E-state index < -0.39 is 54.5 Å². The van der Waals surface area contributed by atoms with Crippen molar-refractivity contribution in [2.75, 3.05) is 11.9 Å². The molecule has 16 heteroatoms. The van der Waals surface area contributed by atoms with Crippen LogP contribution in [0.4, 0.5) is 14.6 Å². The molecule has 0 spiro atoms. The van der Waals surface area contributed by atoms with E-state index in [1.807, 2.05) is 12.1 Å². The van der Waals surface area contributed by atoms with Gasteiger partial charge in [0.05, 0.1) is 11.1 Å². The van der Waals surface area contributed by atoms with E-state index in [2.05, 4.69) is 10.3 Å². The number of halogens is 3. The Bertz CT molecular complexity index is 2470. The molecule has 3 unspecified atom stereocenters. The van der Waals surface area contributed by atoms with Crippen molar-refractivity contribution in [1.82, 2.24) is 13.1 Å². The molecule has 1 N–H and O–H groups in total. The van der Waals surface area contributed by atoms with Gasteiger partial charge in [-0.25, -0.2) is 9.59 Å². The first-order valence-electron chi connectivity index (χ1n) is 15.8. The van der Waals surface area contributed by atoms with E-state index in [9.17, 15) is 24.0 Å². The predicted molar refractivity (Wildman–Crippen MR) is 189 cm³/mol. The van der Waals surface area contributed by atoms with E-state index in [0.29, 0.717) is 15.6 Å². The number of aromatic nitrogens is 3. The smallest absolute Gasteiger partial charge is 0.338 e. The number of esters is 2. The number of fused-ring (bicyclic) bond motifs is 1. The second-order valence-electron chi connectivity index (χ2n) is 11.7. The van der Waals surface area contributed by atoms with Gasteiger partial charge in [-0.05, 0) is 24.3 Å². The van der Waals surface area contributed by atoms with Crippen LogP contribution in [0.15, 0.2) is 125 Å². The SMILES string of the molecule is O=C(OCC1OC(n2ccc(NC(=O)c3ccc(-n4[se]c5ccccc5c4=O)cc3Cl)nc2=O)C(F)(F)C1OC(=O)c1ccccc1)c1ccccc1. The standard InChI is InChI=1S/C37H25ClF2N4O8Se/c38-26-19-23(44-32(46)25-13-7-8-14-28(25)53-44)15-16-24(26)31(45)41-29-17-18-43(36(49)42-29)35-37(39,40)30(52-34(48)22-11-5-2-6-12-22)27(51-35)20-50-33(47)21-9-3-1-4-10-21/h1-19,27,30,35H,20H2,(H,41,42,45,49). The summed E-state index contributed by atoms with van der Waals surface area (Å²) in [6.07, 6.45) is -5.39. The number of carbonyl (C=O) groups excluding carboxylic acids is 3. The van der Waals surface area contributed by atoms with Crippen LogP contribution in [-0.4, -0.2) is 70.4 Å². The number of nitrogens with one attached hydrogen (secondary N) is 1. The molecule has 2 aromatic heterocycles. The van der Waals surface area contributed by atoms with Crippen molar-refractivity contribution >= 4 is 59.6 Å². The maximum absolute atomic E-state index is 16.1. The molecule has 3 atom stereocenters. The molecule has 0 saturated carbocycles. The third-order valence-corrected chi connectivity index (χ3v) is 10.9. The molecular weight excluding hydrogens is 781 g/mol. The Balaban J connectivity index is 1.10. The summed E-state index contributed by atoms with van der Waals surface area (Å²) < 4.78 is 51.2. The van der Waals surface area contributed by atoms with E-state index in [1.165, 1.54) is 48.5 Å². The number of alkyl halides is 2. The van der Waals surface area contributed by atoms with Crippen LogP contribution in [0.1, 0.15) is 37.3 Å². The van der Waals surface area contributed by atoms with Crippen LogP contribution >= 0.6 is 11.6 Å². The Morgan fingerprint density at radius 3 is 2.21 bits per heavy atom. The van der Waals surface area contributed by atoms with Gasteiger partial charge in [0.1, 0.15) is 12.7 Å². The minimum Gasteiger partial charge on any atom is -0.449 e. The third-order valence-electron chi connectivity index (χ3n) is 8.23. The van der Waals surface area contributed by atoms with Crippen LogP contribution in [0.25, 0.3) is 15.3 Å². The Labute approximate surface area is 309 Å². The summed E-state index contributed by atoms with van der Waals surface area (Å²) >= 11 is 6.11. The van der Waals surface area contributed by atoms with E-state index in [-0.39, 0.29) is 47.8 Å². The fraction of sp³-hybridized carbons (Fsp3) is 0.135. The number of amides is 1. The second-order valence-corrected chi connectivity index (χ2v) is 14.1. The predicted octanol–water partition coefficient (Wildman–Crippen LogP) is 5.13. The second kappa shape index (κ2) is 14.7. The van der Waals surface area contributed by atoms with E-state index in [1.54, 1.807) is 46.0 Å². The molecule has 12 nitrogen and oxygen atoms in total.